The van der Waals surface area contributed by atoms with Crippen molar-refractivity contribution in [3.63, 3.8) is 0 Å². The predicted octanol–water partition coefficient (Wildman–Crippen LogP) is 11.0. The summed E-state index contributed by atoms with van der Waals surface area (Å²) in [6.45, 7) is 20.5. The van der Waals surface area contributed by atoms with Crippen molar-refractivity contribution in [2.24, 2.45) is 50.2 Å². The smallest absolute Gasteiger partial charge is 0.0254 e. The molecule has 0 amide bonds. The minimum Gasteiger partial charge on any atom is -0.302 e. The fourth-order valence-corrected chi connectivity index (χ4v) is 12.0. The van der Waals surface area contributed by atoms with Crippen molar-refractivity contribution in [3.8, 4) is 0 Å². The Balaban J connectivity index is 0.974. The molecule has 248 valence electrons. The van der Waals surface area contributed by atoms with E-state index in [2.05, 4.69) is 72.4 Å². The summed E-state index contributed by atoms with van der Waals surface area (Å²) < 4.78 is 0. The summed E-state index contributed by atoms with van der Waals surface area (Å²) in [5.74, 6) is 2.99. The van der Waals surface area contributed by atoms with Crippen LogP contribution in [-0.4, -0.2) is 49.1 Å². The Morgan fingerprint density at radius 3 is 1.88 bits per heavy atom. The maximum Gasteiger partial charge on any atom is 0.0254 e. The van der Waals surface area contributed by atoms with E-state index in [1.54, 1.807) is 25.7 Å². The van der Waals surface area contributed by atoms with Crippen LogP contribution in [0.15, 0.2) is 0 Å². The van der Waals surface area contributed by atoms with E-state index in [-0.39, 0.29) is 0 Å². The molecule has 2 nitrogen and oxygen atoms in total. The first-order valence-corrected chi connectivity index (χ1v) is 19.4. The number of hydrogen-bond donors (Lipinski definition) is 0. The Hall–Kier alpha value is -0.0800. The Labute approximate surface area is 269 Å². The van der Waals surface area contributed by atoms with E-state index in [4.69, 9.17) is 0 Å². The number of rotatable bonds is 9. The van der Waals surface area contributed by atoms with E-state index < -0.39 is 0 Å². The molecule has 4 aliphatic carbocycles. The second-order valence-corrected chi connectivity index (χ2v) is 21.2. The standard InChI is InChI=1S/C41H74N2/c1-36(2,3)25-33-28-41(33)20-22-43(9)35(30-41)34-29-40(19-21-42(34)8)26-32(27-40)38(6,7)18-17-37(4,5)16-13-31-23-39(24-31)14-11-10-12-15-39/h31-35H,10-30H2,1-9H3. The molecule has 2 aliphatic heterocycles. The van der Waals surface area contributed by atoms with Gasteiger partial charge < -0.3 is 9.80 Å². The molecule has 2 saturated heterocycles. The summed E-state index contributed by atoms with van der Waals surface area (Å²) in [6.07, 6.45) is 28.5. The predicted molar refractivity (Wildman–Crippen MR) is 185 cm³/mol. The molecule has 0 bridgehead atoms. The summed E-state index contributed by atoms with van der Waals surface area (Å²) in [6, 6.07) is 1.55. The summed E-state index contributed by atoms with van der Waals surface area (Å²) in [4.78, 5) is 5.59. The van der Waals surface area contributed by atoms with Crippen molar-refractivity contribution < 1.29 is 0 Å². The highest BCUT2D eigenvalue weighted by atomic mass is 15.2. The van der Waals surface area contributed by atoms with E-state index in [9.17, 15) is 0 Å². The summed E-state index contributed by atoms with van der Waals surface area (Å²) in [5, 5.41) is 0. The van der Waals surface area contributed by atoms with Gasteiger partial charge in [0, 0.05) is 12.1 Å². The van der Waals surface area contributed by atoms with E-state index in [1.807, 2.05) is 0 Å². The van der Waals surface area contributed by atoms with Gasteiger partial charge in [-0.1, -0.05) is 67.7 Å². The molecule has 0 radical (unpaired) electrons. The van der Waals surface area contributed by atoms with Crippen molar-refractivity contribution >= 4 is 0 Å². The van der Waals surface area contributed by atoms with Crippen molar-refractivity contribution in [2.75, 3.05) is 27.2 Å². The third-order valence-electron chi connectivity index (χ3n) is 15.5. The zero-order valence-electron chi connectivity index (χ0n) is 30.6. The fraction of sp³-hybridized carbons (Fsp3) is 1.00. The third kappa shape index (κ3) is 7.11. The number of hydrogen-bond acceptors (Lipinski definition) is 2. The lowest BCUT2D eigenvalue weighted by Crippen LogP contribution is -2.60. The molecule has 6 aliphatic rings. The van der Waals surface area contributed by atoms with Gasteiger partial charge in [-0.3, -0.25) is 0 Å². The van der Waals surface area contributed by atoms with Crippen LogP contribution in [0.25, 0.3) is 0 Å². The lowest BCUT2D eigenvalue weighted by atomic mass is 9.49. The van der Waals surface area contributed by atoms with Crippen LogP contribution < -0.4 is 0 Å². The molecule has 4 saturated carbocycles. The van der Waals surface area contributed by atoms with Crippen molar-refractivity contribution in [1.82, 2.24) is 9.80 Å². The molecule has 6 rings (SSSR count). The van der Waals surface area contributed by atoms with Crippen LogP contribution in [0.2, 0.25) is 0 Å². The average Bonchev–Trinajstić information content (AvgIpc) is 3.55. The van der Waals surface area contributed by atoms with Crippen LogP contribution in [0, 0.1) is 50.2 Å². The van der Waals surface area contributed by atoms with Gasteiger partial charge in [0.05, 0.1) is 0 Å². The van der Waals surface area contributed by atoms with Crippen LogP contribution in [-0.2, 0) is 0 Å². The van der Waals surface area contributed by atoms with Crippen molar-refractivity contribution in [2.45, 2.75) is 183 Å². The first kappa shape index (κ1) is 32.8. The topological polar surface area (TPSA) is 6.48 Å². The van der Waals surface area contributed by atoms with Crippen molar-refractivity contribution in [3.05, 3.63) is 0 Å². The molecule has 0 aromatic heterocycles. The Kier molecular flexibility index (Phi) is 8.83. The maximum absolute atomic E-state index is 2.80. The number of piperidine rings is 2. The first-order chi connectivity index (χ1) is 20.0. The Morgan fingerprint density at radius 1 is 0.605 bits per heavy atom. The molecule has 3 spiro atoms. The lowest BCUT2D eigenvalue weighted by molar-refractivity contribution is -0.0973. The van der Waals surface area contributed by atoms with Gasteiger partial charge >= 0.3 is 0 Å². The Bertz CT molecular complexity index is 951. The molecule has 2 heteroatoms. The highest BCUT2D eigenvalue weighted by Crippen LogP contribution is 2.66. The van der Waals surface area contributed by atoms with Crippen LogP contribution >= 0.6 is 0 Å². The van der Waals surface area contributed by atoms with Gasteiger partial charge in [0.25, 0.3) is 0 Å². The molecule has 2 heterocycles. The number of likely N-dealkylation sites (tertiary alicyclic amines) is 2. The molecular weight excluding hydrogens is 520 g/mol. The zero-order valence-corrected chi connectivity index (χ0v) is 30.6. The summed E-state index contributed by atoms with van der Waals surface area (Å²) in [7, 11) is 4.92. The van der Waals surface area contributed by atoms with Gasteiger partial charge in [-0.15, -0.1) is 0 Å². The molecule has 6 fully saturated rings. The molecule has 0 N–H and O–H groups in total. The van der Waals surface area contributed by atoms with Gasteiger partial charge in [-0.05, 0) is 180 Å². The van der Waals surface area contributed by atoms with E-state index in [1.165, 1.54) is 109 Å². The average molecular weight is 595 g/mol. The summed E-state index contributed by atoms with van der Waals surface area (Å²) in [5.41, 5.74) is 3.64. The molecule has 0 aromatic rings. The second-order valence-electron chi connectivity index (χ2n) is 21.2. The highest BCUT2D eigenvalue weighted by molar-refractivity contribution is 5.12. The van der Waals surface area contributed by atoms with Crippen molar-refractivity contribution in [1.29, 1.82) is 0 Å². The second kappa shape index (κ2) is 11.6. The quantitative estimate of drug-likeness (QED) is 0.262. The molecule has 4 unspecified atom stereocenters. The van der Waals surface area contributed by atoms with Crippen LogP contribution in [0.4, 0.5) is 0 Å². The highest BCUT2D eigenvalue weighted by Gasteiger charge is 2.60. The minimum absolute atomic E-state index is 0.482. The number of nitrogens with zero attached hydrogens (tertiary/aromatic N) is 2. The number of likely N-dealkylation sites (N-methyl/N-ethyl adjacent to an activating group) is 2. The van der Waals surface area contributed by atoms with Crippen LogP contribution in [0.3, 0.4) is 0 Å². The van der Waals surface area contributed by atoms with Gasteiger partial charge in [0.2, 0.25) is 0 Å². The van der Waals surface area contributed by atoms with Crippen LogP contribution in [0.1, 0.15) is 170 Å². The van der Waals surface area contributed by atoms with Gasteiger partial charge in [0.1, 0.15) is 0 Å². The lowest BCUT2D eigenvalue weighted by Gasteiger charge is -2.60. The fourth-order valence-electron chi connectivity index (χ4n) is 12.0. The minimum atomic E-state index is 0.482. The molecular formula is C41H74N2. The van der Waals surface area contributed by atoms with E-state index in [0.29, 0.717) is 27.1 Å². The van der Waals surface area contributed by atoms with E-state index >= 15 is 0 Å². The third-order valence-corrected chi connectivity index (χ3v) is 15.5. The normalized spacial score (nSPS) is 35.8. The van der Waals surface area contributed by atoms with Crippen LogP contribution in [0.5, 0.6) is 0 Å². The monoisotopic (exact) mass is 595 g/mol. The van der Waals surface area contributed by atoms with E-state index in [0.717, 1.165) is 35.3 Å². The molecule has 0 aromatic carbocycles. The largest absolute Gasteiger partial charge is 0.302 e. The molecule has 43 heavy (non-hydrogen) atoms. The zero-order chi connectivity index (χ0) is 30.9. The maximum atomic E-state index is 2.80. The summed E-state index contributed by atoms with van der Waals surface area (Å²) >= 11 is 0. The first-order valence-electron chi connectivity index (χ1n) is 19.4. The Morgan fingerprint density at radius 2 is 1.23 bits per heavy atom. The van der Waals surface area contributed by atoms with Gasteiger partial charge in [0.15, 0.2) is 0 Å². The molecule has 4 atom stereocenters. The van der Waals surface area contributed by atoms with Gasteiger partial charge in [-0.25, -0.2) is 0 Å². The SMILES string of the molecule is CN1CCC2(CC1C1CC3(CCN1C)CC3CC(C)(C)C)CC(C(C)(C)CCC(C)(C)CCC1CC3(CCCCC3)C1)C2. The van der Waals surface area contributed by atoms with Gasteiger partial charge in [-0.2, -0.15) is 0 Å².